The van der Waals surface area contributed by atoms with Gasteiger partial charge in [-0.25, -0.2) is 4.79 Å². The Morgan fingerprint density at radius 2 is 1.81 bits per heavy atom. The van der Waals surface area contributed by atoms with Gasteiger partial charge in [-0.1, -0.05) is 23.2 Å². The summed E-state index contributed by atoms with van der Waals surface area (Å²) in [6.07, 6.45) is 5.30. The van der Waals surface area contributed by atoms with Crippen LogP contribution in [0.25, 0.3) is 11.1 Å². The van der Waals surface area contributed by atoms with Crippen molar-refractivity contribution in [2.75, 3.05) is 13.2 Å². The van der Waals surface area contributed by atoms with Crippen LogP contribution in [0.3, 0.4) is 0 Å². The van der Waals surface area contributed by atoms with Gasteiger partial charge < -0.3 is 9.47 Å². The number of pyridine rings is 1. The van der Waals surface area contributed by atoms with E-state index in [0.717, 1.165) is 13.2 Å². The highest BCUT2D eigenvalue weighted by Gasteiger charge is 2.24. The standard InChI is InChI=1S/C19H18Cl2N2O3.C5H10O/c1-11(18(25)26-19(2,3)4)23-10-16(21)15(8-17(23)24)14-7-13(20)6-5-12(14)9-22;1-2-4-6-5-3-1/h5-8,10-11H,1-4H3;1-5H2. The first-order chi connectivity index (χ1) is 15.0. The number of ether oxygens (including phenoxy) is 2. The topological polar surface area (TPSA) is 81.3 Å². The van der Waals surface area contributed by atoms with Gasteiger partial charge in [0.15, 0.2) is 0 Å². The van der Waals surface area contributed by atoms with Gasteiger partial charge in [0, 0.05) is 41.6 Å². The molecule has 1 unspecified atom stereocenters. The lowest BCUT2D eigenvalue weighted by Crippen LogP contribution is -2.33. The van der Waals surface area contributed by atoms with Crippen LogP contribution in [0, 0.1) is 11.3 Å². The summed E-state index contributed by atoms with van der Waals surface area (Å²) in [6, 6.07) is 7.21. The van der Waals surface area contributed by atoms with Gasteiger partial charge >= 0.3 is 5.97 Å². The number of carbonyl (C=O) groups excluding carboxylic acids is 1. The molecule has 1 saturated heterocycles. The highest BCUT2D eigenvalue weighted by Crippen LogP contribution is 2.31. The smallest absolute Gasteiger partial charge is 0.329 e. The lowest BCUT2D eigenvalue weighted by molar-refractivity contribution is -0.158. The molecule has 172 valence electrons. The van der Waals surface area contributed by atoms with E-state index in [0.29, 0.717) is 21.7 Å². The van der Waals surface area contributed by atoms with Gasteiger partial charge in [-0.3, -0.25) is 9.36 Å². The molecule has 1 aromatic heterocycles. The Morgan fingerprint density at radius 1 is 1.16 bits per heavy atom. The first-order valence-electron chi connectivity index (χ1n) is 10.5. The minimum absolute atomic E-state index is 0.221. The number of hydrogen-bond donors (Lipinski definition) is 0. The molecule has 1 fully saturated rings. The normalized spacial score (nSPS) is 14.5. The van der Waals surface area contributed by atoms with Gasteiger partial charge in [-0.05, 0) is 65.2 Å². The Morgan fingerprint density at radius 3 is 2.31 bits per heavy atom. The molecule has 0 saturated carbocycles. The molecule has 1 aromatic carbocycles. The summed E-state index contributed by atoms with van der Waals surface area (Å²) in [5.41, 5.74) is 0.0732. The molecule has 2 heterocycles. The first kappa shape index (κ1) is 25.9. The number of benzene rings is 1. The fourth-order valence-electron chi connectivity index (χ4n) is 3.06. The first-order valence-corrected chi connectivity index (χ1v) is 11.2. The maximum atomic E-state index is 12.5. The second kappa shape index (κ2) is 11.5. The zero-order valence-corrected chi connectivity index (χ0v) is 20.3. The number of carbonyl (C=O) groups is 1. The van der Waals surface area contributed by atoms with Crippen molar-refractivity contribution in [2.24, 2.45) is 0 Å². The fraction of sp³-hybridized carbons (Fsp3) is 0.458. The number of rotatable bonds is 3. The monoisotopic (exact) mass is 478 g/mol. The van der Waals surface area contributed by atoms with Gasteiger partial charge in [0.25, 0.3) is 5.56 Å². The molecule has 0 bridgehead atoms. The highest BCUT2D eigenvalue weighted by atomic mass is 35.5. The molecule has 0 spiro atoms. The van der Waals surface area contributed by atoms with Crippen LogP contribution in [-0.2, 0) is 14.3 Å². The molecule has 0 amide bonds. The Kier molecular flexibility index (Phi) is 9.33. The Balaban J connectivity index is 0.000000520. The molecule has 8 heteroatoms. The summed E-state index contributed by atoms with van der Waals surface area (Å²) in [4.78, 5) is 24.8. The van der Waals surface area contributed by atoms with E-state index in [4.69, 9.17) is 32.7 Å². The Hall–Kier alpha value is -2.33. The molecule has 0 radical (unpaired) electrons. The summed E-state index contributed by atoms with van der Waals surface area (Å²) >= 11 is 12.3. The molecule has 32 heavy (non-hydrogen) atoms. The molecule has 6 nitrogen and oxygen atoms in total. The van der Waals surface area contributed by atoms with Crippen LogP contribution in [0.1, 0.15) is 58.6 Å². The summed E-state index contributed by atoms with van der Waals surface area (Å²) < 4.78 is 11.6. The van der Waals surface area contributed by atoms with E-state index in [1.807, 2.05) is 6.07 Å². The van der Waals surface area contributed by atoms with E-state index in [1.54, 1.807) is 45.9 Å². The molecule has 2 aromatic rings. The van der Waals surface area contributed by atoms with E-state index >= 15 is 0 Å². The lowest BCUT2D eigenvalue weighted by Gasteiger charge is -2.23. The molecule has 1 atom stereocenters. The fourth-order valence-corrected chi connectivity index (χ4v) is 3.49. The number of nitrogens with zero attached hydrogens (tertiary/aromatic N) is 2. The third-order valence-electron chi connectivity index (χ3n) is 4.67. The van der Waals surface area contributed by atoms with Gasteiger partial charge in [-0.15, -0.1) is 0 Å². The van der Waals surface area contributed by atoms with E-state index in [1.165, 1.54) is 36.1 Å². The highest BCUT2D eigenvalue weighted by molar-refractivity contribution is 6.33. The number of nitriles is 1. The average molecular weight is 479 g/mol. The van der Waals surface area contributed by atoms with Gasteiger partial charge in [-0.2, -0.15) is 5.26 Å². The summed E-state index contributed by atoms with van der Waals surface area (Å²) in [5.74, 6) is -0.538. The zero-order chi connectivity index (χ0) is 23.9. The lowest BCUT2D eigenvalue weighted by atomic mass is 10.0. The van der Waals surface area contributed by atoms with E-state index in [9.17, 15) is 14.9 Å². The van der Waals surface area contributed by atoms with Crippen molar-refractivity contribution in [3.63, 3.8) is 0 Å². The molecule has 0 aliphatic carbocycles. The van der Waals surface area contributed by atoms with Crippen molar-refractivity contribution in [3.8, 4) is 17.2 Å². The number of halogens is 2. The van der Waals surface area contributed by atoms with E-state index in [2.05, 4.69) is 0 Å². The Bertz CT molecular complexity index is 1040. The minimum atomic E-state index is -0.844. The van der Waals surface area contributed by atoms with Crippen LogP contribution in [0.4, 0.5) is 0 Å². The van der Waals surface area contributed by atoms with Crippen molar-refractivity contribution in [1.29, 1.82) is 5.26 Å². The second-order valence-electron chi connectivity index (χ2n) is 8.46. The number of hydrogen-bond acceptors (Lipinski definition) is 5. The maximum absolute atomic E-state index is 12.5. The van der Waals surface area contributed by atoms with Crippen LogP contribution in [-0.4, -0.2) is 29.4 Å². The third-order valence-corrected chi connectivity index (χ3v) is 5.20. The van der Waals surface area contributed by atoms with Gasteiger partial charge in [0.2, 0.25) is 0 Å². The van der Waals surface area contributed by atoms with Gasteiger partial charge in [0.05, 0.1) is 16.7 Å². The van der Waals surface area contributed by atoms with Gasteiger partial charge in [0.1, 0.15) is 11.6 Å². The van der Waals surface area contributed by atoms with Crippen molar-refractivity contribution in [2.45, 2.75) is 58.6 Å². The zero-order valence-electron chi connectivity index (χ0n) is 18.8. The van der Waals surface area contributed by atoms with Crippen molar-refractivity contribution in [3.05, 3.63) is 56.4 Å². The summed E-state index contributed by atoms with van der Waals surface area (Å²) in [7, 11) is 0. The number of aromatic nitrogens is 1. The van der Waals surface area contributed by atoms with Crippen molar-refractivity contribution in [1.82, 2.24) is 4.57 Å². The van der Waals surface area contributed by atoms with Crippen molar-refractivity contribution >= 4 is 29.2 Å². The maximum Gasteiger partial charge on any atom is 0.329 e. The van der Waals surface area contributed by atoms with Crippen LogP contribution in [0.5, 0.6) is 0 Å². The minimum Gasteiger partial charge on any atom is -0.458 e. The summed E-state index contributed by atoms with van der Waals surface area (Å²) in [6.45, 7) is 8.81. The third kappa shape index (κ3) is 7.37. The van der Waals surface area contributed by atoms with Crippen LogP contribution in [0.2, 0.25) is 10.0 Å². The molecule has 3 rings (SSSR count). The molecule has 0 N–H and O–H groups in total. The van der Waals surface area contributed by atoms with E-state index in [-0.39, 0.29) is 5.02 Å². The van der Waals surface area contributed by atoms with Crippen LogP contribution in [0.15, 0.2) is 35.3 Å². The molecular formula is C24H28Cl2N2O4. The molecule has 1 aliphatic rings. The predicted molar refractivity (Wildman–Crippen MR) is 126 cm³/mol. The van der Waals surface area contributed by atoms with Crippen LogP contribution >= 0.6 is 23.2 Å². The number of esters is 1. The summed E-state index contributed by atoms with van der Waals surface area (Å²) in [5, 5.41) is 9.91. The van der Waals surface area contributed by atoms with E-state index < -0.39 is 23.2 Å². The Labute approximate surface area is 198 Å². The largest absolute Gasteiger partial charge is 0.458 e. The SMILES string of the molecule is C1CCOCC1.CC(C(=O)OC(C)(C)C)n1cc(Cl)c(-c2cc(Cl)ccc2C#N)cc1=O. The van der Waals surface area contributed by atoms with Crippen molar-refractivity contribution < 1.29 is 14.3 Å². The molecule has 1 aliphatic heterocycles. The van der Waals surface area contributed by atoms with Crippen LogP contribution < -0.4 is 5.56 Å². The molecular weight excluding hydrogens is 451 g/mol. The predicted octanol–water partition coefficient (Wildman–Crippen LogP) is 5.78. The second-order valence-corrected chi connectivity index (χ2v) is 9.31. The average Bonchev–Trinajstić information content (AvgIpc) is 2.75. The quantitative estimate of drug-likeness (QED) is 0.521.